The number of aliphatic hydroxyl groups is 1. The second-order valence-corrected chi connectivity index (χ2v) is 21.7. The molecular weight excluding hydrogens is 918 g/mol. The van der Waals surface area contributed by atoms with Gasteiger partial charge in [-0.15, -0.1) is 11.3 Å². The number of carbonyl (C=O) groups excluding carboxylic acids is 4. The van der Waals surface area contributed by atoms with E-state index in [0.29, 0.717) is 54.7 Å². The second-order valence-electron chi connectivity index (χ2n) is 20.4. The highest BCUT2D eigenvalue weighted by atomic mass is 35.5. The van der Waals surface area contributed by atoms with Gasteiger partial charge in [-0.2, -0.15) is 5.26 Å². The minimum Gasteiger partial charge on any atom is -0.489 e. The summed E-state index contributed by atoms with van der Waals surface area (Å²) in [7, 11) is 0. The fraction of sp³-hybridized carbons (Fsp3) is 0.510. The van der Waals surface area contributed by atoms with Gasteiger partial charge in [-0.1, -0.05) is 63.6 Å². The number of ether oxygens (including phenoxy) is 2. The van der Waals surface area contributed by atoms with Crippen molar-refractivity contribution >= 4 is 52.4 Å². The Morgan fingerprint density at radius 2 is 1.70 bits per heavy atom. The van der Waals surface area contributed by atoms with Crippen molar-refractivity contribution in [2.24, 2.45) is 16.2 Å². The zero-order valence-corrected chi connectivity index (χ0v) is 41.8. The number of nitrogens with zero attached hydrogens (tertiary/aromatic N) is 6. The van der Waals surface area contributed by atoms with Crippen LogP contribution in [0.1, 0.15) is 87.6 Å². The summed E-state index contributed by atoms with van der Waals surface area (Å²) < 4.78 is 12.0. The third kappa shape index (κ3) is 10.5. The summed E-state index contributed by atoms with van der Waals surface area (Å²) in [5.74, 6) is 0.0755. The fourth-order valence-electron chi connectivity index (χ4n) is 10.9. The molecule has 3 saturated heterocycles. The van der Waals surface area contributed by atoms with E-state index in [1.165, 1.54) is 4.90 Å². The van der Waals surface area contributed by atoms with E-state index in [9.17, 15) is 29.5 Å². The molecule has 5 heterocycles. The molecule has 1 saturated carbocycles. The number of carbonyl (C=O) groups is 4. The lowest BCUT2D eigenvalue weighted by Gasteiger charge is -2.63. The van der Waals surface area contributed by atoms with E-state index in [1.54, 1.807) is 48.7 Å². The second kappa shape index (κ2) is 20.0. The summed E-state index contributed by atoms with van der Waals surface area (Å²) >= 11 is 7.84. The Morgan fingerprint density at radius 1 is 0.986 bits per heavy atom. The van der Waals surface area contributed by atoms with Crippen molar-refractivity contribution < 1.29 is 33.8 Å². The summed E-state index contributed by atoms with van der Waals surface area (Å²) in [6, 6.07) is 16.4. The molecular formula is C51H62ClN9O7S. The molecule has 1 aliphatic carbocycles. The first-order valence-corrected chi connectivity index (χ1v) is 24.8. The Hall–Kier alpha value is -5.64. The van der Waals surface area contributed by atoms with Crippen LogP contribution in [-0.2, 0) is 19.1 Å². The summed E-state index contributed by atoms with van der Waals surface area (Å²) in [6.07, 6.45) is 0.814. The van der Waals surface area contributed by atoms with Crippen LogP contribution in [0.4, 0.5) is 5.82 Å². The number of hydrogen-bond donors (Lipinski definition) is 4. The zero-order chi connectivity index (χ0) is 49.4. The van der Waals surface area contributed by atoms with Crippen LogP contribution in [0.15, 0.2) is 66.3 Å². The molecule has 18 heteroatoms. The van der Waals surface area contributed by atoms with Crippen molar-refractivity contribution in [3.63, 3.8) is 0 Å². The Bertz CT molecular complexity index is 2570. The SMILES string of the molecule is Cc1ncsc1-c1ccc([C@H](C)NC(=O)[C@@H]2C[C@@H](O)CN2C(=O)[C@H](C)NC(=O)CC2(CN3CCN(c4ccc(C(=O)N[C@H]5C(C)(C)[C@H](Oc6ccc(C#N)c(Cl)c6)C5(C)C)cn4)CC3)COC2)cc1. The predicted molar refractivity (Wildman–Crippen MR) is 263 cm³/mol. The third-order valence-corrected chi connectivity index (χ3v) is 15.7. The maximum Gasteiger partial charge on any atom is 0.253 e. The van der Waals surface area contributed by atoms with Crippen LogP contribution in [0.3, 0.4) is 0 Å². The number of pyridine rings is 1. The molecule has 4 aromatic rings. The van der Waals surface area contributed by atoms with Crippen molar-refractivity contribution in [3.8, 4) is 22.3 Å². The smallest absolute Gasteiger partial charge is 0.253 e. The minimum absolute atomic E-state index is 0.00166. The van der Waals surface area contributed by atoms with Crippen LogP contribution >= 0.6 is 22.9 Å². The molecule has 2 aromatic heterocycles. The van der Waals surface area contributed by atoms with Crippen LogP contribution in [0, 0.1) is 34.5 Å². The summed E-state index contributed by atoms with van der Waals surface area (Å²) in [5.41, 5.74) is 4.36. The maximum atomic E-state index is 13.8. The van der Waals surface area contributed by atoms with Gasteiger partial charge < -0.3 is 40.3 Å². The van der Waals surface area contributed by atoms with Gasteiger partial charge in [0, 0.05) is 86.7 Å². The molecule has 0 radical (unpaired) electrons. The number of anilines is 1. The molecule has 69 heavy (non-hydrogen) atoms. The number of aromatic nitrogens is 2. The molecule has 8 rings (SSSR count). The number of piperazine rings is 1. The van der Waals surface area contributed by atoms with Crippen molar-refractivity contribution in [3.05, 3.63) is 93.7 Å². The number of hydrogen-bond acceptors (Lipinski definition) is 13. The first-order chi connectivity index (χ1) is 32.8. The van der Waals surface area contributed by atoms with E-state index in [2.05, 4.69) is 69.5 Å². The van der Waals surface area contributed by atoms with Crippen LogP contribution in [-0.4, -0.2) is 131 Å². The first-order valence-electron chi connectivity index (χ1n) is 23.6. The van der Waals surface area contributed by atoms with Crippen molar-refractivity contribution in [2.75, 3.05) is 57.4 Å². The van der Waals surface area contributed by atoms with Crippen molar-refractivity contribution in [1.82, 2.24) is 35.7 Å². The summed E-state index contributed by atoms with van der Waals surface area (Å²) in [4.78, 5) is 70.4. The predicted octanol–water partition coefficient (Wildman–Crippen LogP) is 5.52. The van der Waals surface area contributed by atoms with Gasteiger partial charge in [0.1, 0.15) is 35.8 Å². The summed E-state index contributed by atoms with van der Waals surface area (Å²) in [6.45, 7) is 18.1. The van der Waals surface area contributed by atoms with Gasteiger partial charge in [-0.05, 0) is 56.2 Å². The number of β-amino-alcohol motifs (C(OH)–C–C–N with tert-alkyl or cyclic N) is 1. The van der Waals surface area contributed by atoms with Gasteiger partial charge in [0.15, 0.2) is 0 Å². The maximum absolute atomic E-state index is 13.8. The summed E-state index contributed by atoms with van der Waals surface area (Å²) in [5, 5.41) is 29.3. The quantitative estimate of drug-likeness (QED) is 0.116. The van der Waals surface area contributed by atoms with E-state index in [0.717, 1.165) is 40.6 Å². The third-order valence-electron chi connectivity index (χ3n) is 14.4. The average Bonchev–Trinajstić information content (AvgIpc) is 3.93. The number of nitrogens with one attached hydrogen (secondary N) is 3. The molecule has 0 bridgehead atoms. The van der Waals surface area contributed by atoms with Crippen LogP contribution in [0.2, 0.25) is 5.02 Å². The lowest BCUT2D eigenvalue weighted by molar-refractivity contribution is -0.164. The number of aliphatic hydroxyl groups excluding tert-OH is 1. The fourth-order valence-corrected chi connectivity index (χ4v) is 11.9. The monoisotopic (exact) mass is 979 g/mol. The van der Waals surface area contributed by atoms with Crippen LogP contribution < -0.4 is 25.6 Å². The molecule has 0 unspecified atom stereocenters. The Morgan fingerprint density at radius 3 is 2.29 bits per heavy atom. The molecule has 4 N–H and O–H groups in total. The van der Waals surface area contributed by atoms with Gasteiger partial charge in [0.25, 0.3) is 5.91 Å². The number of benzene rings is 2. The number of rotatable bonds is 15. The first kappa shape index (κ1) is 49.8. The largest absolute Gasteiger partial charge is 0.489 e. The minimum atomic E-state index is -0.907. The lowest BCUT2D eigenvalue weighted by atomic mass is 9.49. The number of thiazole rings is 1. The Kier molecular flexibility index (Phi) is 14.4. The highest BCUT2D eigenvalue weighted by Crippen LogP contribution is 2.55. The van der Waals surface area contributed by atoms with Crippen LogP contribution in [0.25, 0.3) is 10.4 Å². The molecule has 366 valence electrons. The highest BCUT2D eigenvalue weighted by Gasteiger charge is 2.64. The zero-order valence-electron chi connectivity index (χ0n) is 40.3. The molecule has 4 amide bonds. The molecule has 2 aromatic carbocycles. The van der Waals surface area contributed by atoms with E-state index in [1.807, 2.05) is 49.7 Å². The van der Waals surface area contributed by atoms with E-state index < -0.39 is 40.3 Å². The molecule has 4 atom stereocenters. The van der Waals surface area contributed by atoms with Gasteiger partial charge in [0.2, 0.25) is 17.7 Å². The average molecular weight is 981 g/mol. The number of likely N-dealkylation sites (tertiary alicyclic amines) is 1. The normalized spacial score (nSPS) is 23.4. The van der Waals surface area contributed by atoms with Gasteiger partial charge in [-0.25, -0.2) is 9.97 Å². The number of aryl methyl sites for hydroxylation is 1. The van der Waals surface area contributed by atoms with Crippen molar-refractivity contribution in [1.29, 1.82) is 5.26 Å². The van der Waals surface area contributed by atoms with Gasteiger partial charge in [-0.3, -0.25) is 24.1 Å². The lowest BCUT2D eigenvalue weighted by Crippen LogP contribution is -2.74. The van der Waals surface area contributed by atoms with E-state index >= 15 is 0 Å². The topological polar surface area (TPSA) is 202 Å². The Balaban J connectivity index is 0.784. The van der Waals surface area contributed by atoms with Crippen LogP contribution in [0.5, 0.6) is 5.75 Å². The molecule has 16 nitrogen and oxygen atoms in total. The molecule has 4 fully saturated rings. The Labute approximate surface area is 412 Å². The number of halogens is 1. The van der Waals surface area contributed by atoms with Gasteiger partial charge >= 0.3 is 0 Å². The number of nitriles is 1. The van der Waals surface area contributed by atoms with E-state index in [-0.39, 0.29) is 55.3 Å². The number of amides is 4. The molecule has 0 spiro atoms. The molecule has 3 aliphatic heterocycles. The van der Waals surface area contributed by atoms with E-state index in [4.69, 9.17) is 21.1 Å². The van der Waals surface area contributed by atoms with Crippen molar-refractivity contribution in [2.45, 2.75) is 97.7 Å². The standard InChI is InChI=1S/C51H62ClN9O7S/c1-30(33-8-10-34(11-9-33)43-31(2)55-29-69-43)57-45(65)40-20-37(62)25-61(40)46(66)32(3)56-42(63)22-51(27-67-28-51)26-59-16-18-60(19-17-59)41-15-13-36(24-54-41)44(64)58-47-49(4,5)48(50(47,6)7)68-38-14-12-35(23-53)39(52)21-38/h8-15,21,24,29-30,32,37,40,47-48,62H,16-20,22,25-28H2,1-7H3,(H,56,63)(H,57,65)(H,58,64)/t30-,32-,37+,40-,47-,48-/m0/s1. The highest BCUT2D eigenvalue weighted by molar-refractivity contribution is 7.13. The van der Waals surface area contributed by atoms with Gasteiger partial charge in [0.05, 0.1) is 57.6 Å². The molecule has 4 aliphatic rings.